The van der Waals surface area contributed by atoms with E-state index in [2.05, 4.69) is 15.7 Å². The normalized spacial score (nSPS) is 18.8. The SMILES string of the molecule is N#Cc1cnn(CCO)c1NC(=O)C1CCCNC1. The number of piperidine rings is 1. The standard InChI is InChI=1S/C12H17N5O2/c13-6-10-8-15-17(4-5-18)11(10)16-12(19)9-2-1-3-14-7-9/h8-9,14,18H,1-5,7H2,(H,16,19). The highest BCUT2D eigenvalue weighted by Crippen LogP contribution is 2.17. The molecule has 1 atom stereocenters. The fraction of sp³-hybridized carbons (Fsp3) is 0.583. The fourth-order valence-corrected chi connectivity index (χ4v) is 2.16. The lowest BCUT2D eigenvalue weighted by atomic mass is 9.99. The van der Waals surface area contributed by atoms with Crippen LogP contribution in [-0.2, 0) is 11.3 Å². The van der Waals surface area contributed by atoms with Gasteiger partial charge >= 0.3 is 0 Å². The predicted octanol–water partition coefficient (Wildman–Crippen LogP) is -0.315. The van der Waals surface area contributed by atoms with Gasteiger partial charge in [0.05, 0.1) is 25.3 Å². The first-order valence-electron chi connectivity index (χ1n) is 6.34. The van der Waals surface area contributed by atoms with Crippen LogP contribution < -0.4 is 10.6 Å². The summed E-state index contributed by atoms with van der Waals surface area (Å²) in [7, 11) is 0. The number of rotatable bonds is 4. The van der Waals surface area contributed by atoms with Crippen LogP contribution in [-0.4, -0.2) is 40.5 Å². The van der Waals surface area contributed by atoms with E-state index in [4.69, 9.17) is 10.4 Å². The van der Waals surface area contributed by atoms with Crippen molar-refractivity contribution in [2.24, 2.45) is 5.92 Å². The summed E-state index contributed by atoms with van der Waals surface area (Å²) in [5, 5.41) is 27.8. The molecule has 1 aliphatic heterocycles. The zero-order chi connectivity index (χ0) is 13.7. The predicted molar refractivity (Wildman–Crippen MR) is 68.3 cm³/mol. The molecule has 2 rings (SSSR count). The van der Waals surface area contributed by atoms with Crippen LogP contribution in [0.15, 0.2) is 6.20 Å². The van der Waals surface area contributed by atoms with E-state index in [0.29, 0.717) is 17.9 Å². The summed E-state index contributed by atoms with van der Waals surface area (Å²) in [6, 6.07) is 1.99. The number of aliphatic hydroxyl groups excluding tert-OH is 1. The quantitative estimate of drug-likeness (QED) is 0.691. The lowest BCUT2D eigenvalue weighted by Gasteiger charge is -2.22. The number of anilines is 1. The number of carbonyl (C=O) groups excluding carboxylic acids is 1. The number of carbonyl (C=O) groups is 1. The van der Waals surface area contributed by atoms with Crippen LogP contribution in [0, 0.1) is 17.2 Å². The van der Waals surface area contributed by atoms with Crippen molar-refractivity contribution in [3.63, 3.8) is 0 Å². The molecule has 19 heavy (non-hydrogen) atoms. The first-order chi connectivity index (χ1) is 9.26. The number of hydrogen-bond acceptors (Lipinski definition) is 5. The third-order valence-corrected chi connectivity index (χ3v) is 3.18. The van der Waals surface area contributed by atoms with Crippen LogP contribution in [0.5, 0.6) is 0 Å². The average Bonchev–Trinajstić information content (AvgIpc) is 2.82. The van der Waals surface area contributed by atoms with Crippen LogP contribution in [0.4, 0.5) is 5.82 Å². The van der Waals surface area contributed by atoms with Gasteiger partial charge in [0.2, 0.25) is 5.91 Å². The van der Waals surface area contributed by atoms with E-state index in [0.717, 1.165) is 19.4 Å². The zero-order valence-electron chi connectivity index (χ0n) is 10.6. The number of nitrogens with one attached hydrogen (secondary N) is 2. The minimum Gasteiger partial charge on any atom is -0.394 e. The topological polar surface area (TPSA) is 103 Å². The molecule has 1 aromatic rings. The van der Waals surface area contributed by atoms with Crippen molar-refractivity contribution in [3.8, 4) is 6.07 Å². The maximum absolute atomic E-state index is 12.1. The molecule has 1 aliphatic rings. The molecule has 0 aliphatic carbocycles. The largest absolute Gasteiger partial charge is 0.394 e. The van der Waals surface area contributed by atoms with Gasteiger partial charge in [-0.1, -0.05) is 0 Å². The highest BCUT2D eigenvalue weighted by molar-refractivity contribution is 5.93. The van der Waals surface area contributed by atoms with Crippen molar-refractivity contribution in [2.75, 3.05) is 25.0 Å². The van der Waals surface area contributed by atoms with Crippen LogP contribution in [0.3, 0.4) is 0 Å². The lowest BCUT2D eigenvalue weighted by molar-refractivity contribution is -0.120. The summed E-state index contributed by atoms with van der Waals surface area (Å²) < 4.78 is 1.44. The Balaban J connectivity index is 2.10. The molecule has 1 aromatic heterocycles. The van der Waals surface area contributed by atoms with Crippen LogP contribution in [0.2, 0.25) is 0 Å². The molecule has 102 valence electrons. The highest BCUT2D eigenvalue weighted by atomic mass is 16.3. The van der Waals surface area contributed by atoms with E-state index < -0.39 is 0 Å². The van der Waals surface area contributed by atoms with Crippen molar-refractivity contribution in [1.29, 1.82) is 5.26 Å². The van der Waals surface area contributed by atoms with Gasteiger partial charge in [-0.3, -0.25) is 4.79 Å². The van der Waals surface area contributed by atoms with E-state index in [1.165, 1.54) is 10.9 Å². The number of nitriles is 1. The van der Waals surface area contributed by atoms with Gasteiger partial charge in [0.1, 0.15) is 17.5 Å². The van der Waals surface area contributed by atoms with E-state index in [1.807, 2.05) is 6.07 Å². The maximum atomic E-state index is 12.1. The highest BCUT2D eigenvalue weighted by Gasteiger charge is 2.23. The Bertz CT molecular complexity index is 485. The minimum atomic E-state index is -0.108. The van der Waals surface area contributed by atoms with Crippen molar-refractivity contribution in [3.05, 3.63) is 11.8 Å². The van der Waals surface area contributed by atoms with E-state index in [-0.39, 0.29) is 25.0 Å². The Morgan fingerprint density at radius 1 is 1.74 bits per heavy atom. The molecule has 1 saturated heterocycles. The van der Waals surface area contributed by atoms with Crippen LogP contribution >= 0.6 is 0 Å². The Morgan fingerprint density at radius 2 is 2.58 bits per heavy atom. The summed E-state index contributed by atoms with van der Waals surface area (Å²) in [6.45, 7) is 1.75. The van der Waals surface area contributed by atoms with Crippen molar-refractivity contribution < 1.29 is 9.90 Å². The molecule has 0 saturated carbocycles. The van der Waals surface area contributed by atoms with Crippen LogP contribution in [0.1, 0.15) is 18.4 Å². The van der Waals surface area contributed by atoms with Gasteiger partial charge in [-0.2, -0.15) is 10.4 Å². The van der Waals surface area contributed by atoms with Crippen molar-refractivity contribution in [2.45, 2.75) is 19.4 Å². The van der Waals surface area contributed by atoms with E-state index in [9.17, 15) is 4.79 Å². The van der Waals surface area contributed by atoms with Gasteiger partial charge in [-0.05, 0) is 19.4 Å². The van der Waals surface area contributed by atoms with Gasteiger partial charge < -0.3 is 15.7 Å². The van der Waals surface area contributed by atoms with Gasteiger partial charge in [0, 0.05) is 6.54 Å². The Morgan fingerprint density at radius 3 is 3.21 bits per heavy atom. The van der Waals surface area contributed by atoms with Gasteiger partial charge in [0.15, 0.2) is 0 Å². The molecule has 0 spiro atoms. The second-order valence-corrected chi connectivity index (χ2v) is 4.50. The van der Waals surface area contributed by atoms with Gasteiger partial charge in [-0.25, -0.2) is 4.68 Å². The molecule has 1 fully saturated rings. The van der Waals surface area contributed by atoms with E-state index in [1.54, 1.807) is 0 Å². The Labute approximate surface area is 111 Å². The summed E-state index contributed by atoms with van der Waals surface area (Å²) in [5.41, 5.74) is 0.311. The molecule has 0 radical (unpaired) electrons. The first kappa shape index (κ1) is 13.5. The molecule has 3 N–H and O–H groups in total. The average molecular weight is 263 g/mol. The summed E-state index contributed by atoms with van der Waals surface area (Å²) in [6.07, 6.45) is 3.21. The lowest BCUT2D eigenvalue weighted by Crippen LogP contribution is -2.37. The number of hydrogen-bond donors (Lipinski definition) is 3. The van der Waals surface area contributed by atoms with Crippen LogP contribution in [0.25, 0.3) is 0 Å². The third kappa shape index (κ3) is 3.10. The second-order valence-electron chi connectivity index (χ2n) is 4.50. The van der Waals surface area contributed by atoms with Crippen molar-refractivity contribution >= 4 is 11.7 Å². The van der Waals surface area contributed by atoms with Gasteiger partial charge in [0.25, 0.3) is 0 Å². The molecule has 1 unspecified atom stereocenters. The molecular weight excluding hydrogens is 246 g/mol. The summed E-state index contributed by atoms with van der Waals surface area (Å²) >= 11 is 0. The maximum Gasteiger partial charge on any atom is 0.229 e. The molecular formula is C12H17N5O2. The monoisotopic (exact) mass is 263 g/mol. The number of nitrogens with zero attached hydrogens (tertiary/aromatic N) is 3. The Hall–Kier alpha value is -1.91. The first-order valence-corrected chi connectivity index (χ1v) is 6.34. The number of aromatic nitrogens is 2. The molecule has 7 heteroatoms. The van der Waals surface area contributed by atoms with Gasteiger partial charge in [-0.15, -0.1) is 0 Å². The number of aliphatic hydroxyl groups is 1. The Kier molecular flexibility index (Phi) is 4.49. The molecule has 2 heterocycles. The van der Waals surface area contributed by atoms with E-state index >= 15 is 0 Å². The summed E-state index contributed by atoms with van der Waals surface area (Å²) in [5.74, 6) is 0.174. The molecule has 0 aromatic carbocycles. The third-order valence-electron chi connectivity index (χ3n) is 3.18. The summed E-state index contributed by atoms with van der Waals surface area (Å²) in [4.78, 5) is 12.1. The smallest absolute Gasteiger partial charge is 0.229 e. The minimum absolute atomic E-state index is 0.0854. The fourth-order valence-electron chi connectivity index (χ4n) is 2.16. The molecule has 7 nitrogen and oxygen atoms in total. The zero-order valence-corrected chi connectivity index (χ0v) is 10.6. The second kappa shape index (κ2) is 6.31. The molecule has 1 amide bonds. The molecule has 0 bridgehead atoms. The number of amides is 1. The van der Waals surface area contributed by atoms with Crippen molar-refractivity contribution in [1.82, 2.24) is 15.1 Å².